The first-order chi connectivity index (χ1) is 11.3. The Bertz CT molecular complexity index is 770. The highest BCUT2D eigenvalue weighted by molar-refractivity contribution is 5.91. The maximum absolute atomic E-state index is 12.1. The van der Waals surface area contributed by atoms with Gasteiger partial charge in [-0.1, -0.05) is 12.1 Å². The Labute approximate surface area is 134 Å². The van der Waals surface area contributed by atoms with Gasteiger partial charge in [0.2, 0.25) is 0 Å². The summed E-state index contributed by atoms with van der Waals surface area (Å²) in [7, 11) is 0. The predicted octanol–water partition coefficient (Wildman–Crippen LogP) is 2.09. The lowest BCUT2D eigenvalue weighted by atomic mass is 10.2. The first kappa shape index (κ1) is 17.5. The number of aryl methyl sites for hydroxylation is 1. The van der Waals surface area contributed by atoms with Crippen LogP contribution in [-0.4, -0.2) is 22.1 Å². The smallest absolute Gasteiger partial charge is 0.406 e. The van der Waals surface area contributed by atoms with Gasteiger partial charge in [0.1, 0.15) is 11.4 Å². The largest absolute Gasteiger partial charge is 0.573 e. The first-order valence-corrected chi connectivity index (χ1v) is 6.99. The van der Waals surface area contributed by atoms with E-state index < -0.39 is 12.3 Å². The molecular weight excluding hydrogens is 327 g/mol. The number of alkyl halides is 3. The van der Waals surface area contributed by atoms with Gasteiger partial charge < -0.3 is 10.1 Å². The quantitative estimate of drug-likeness (QED) is 0.904. The zero-order valence-corrected chi connectivity index (χ0v) is 12.6. The number of nitrogens with zero attached hydrogens (tertiary/aromatic N) is 2. The molecule has 0 saturated heterocycles. The van der Waals surface area contributed by atoms with E-state index in [0.717, 1.165) is 16.8 Å². The molecule has 1 N–H and O–H groups in total. The van der Waals surface area contributed by atoms with Crippen LogP contribution in [0.5, 0.6) is 5.75 Å². The van der Waals surface area contributed by atoms with E-state index in [0.29, 0.717) is 12.1 Å². The molecule has 1 heterocycles. The van der Waals surface area contributed by atoms with Crippen molar-refractivity contribution >= 4 is 5.91 Å². The second-order valence-corrected chi connectivity index (χ2v) is 4.75. The molecular formula is C15H14F3N3O3. The van der Waals surface area contributed by atoms with E-state index >= 15 is 0 Å². The number of amides is 1. The molecule has 6 nitrogen and oxygen atoms in total. The van der Waals surface area contributed by atoms with Crippen molar-refractivity contribution in [2.45, 2.75) is 26.4 Å². The van der Waals surface area contributed by atoms with Crippen molar-refractivity contribution in [1.29, 1.82) is 0 Å². The van der Waals surface area contributed by atoms with Crippen molar-refractivity contribution in [3.05, 3.63) is 58.0 Å². The number of benzene rings is 1. The van der Waals surface area contributed by atoms with E-state index in [2.05, 4.69) is 15.2 Å². The van der Waals surface area contributed by atoms with E-state index in [-0.39, 0.29) is 23.5 Å². The summed E-state index contributed by atoms with van der Waals surface area (Å²) in [5, 5.41) is 6.48. The number of carbonyl (C=O) groups excluding carboxylic acids is 1. The minimum atomic E-state index is -4.75. The van der Waals surface area contributed by atoms with Gasteiger partial charge in [-0.25, -0.2) is 4.68 Å². The van der Waals surface area contributed by atoms with Gasteiger partial charge in [0, 0.05) is 19.2 Å². The van der Waals surface area contributed by atoms with Crippen LogP contribution in [0.25, 0.3) is 0 Å². The van der Waals surface area contributed by atoms with Gasteiger partial charge in [0.15, 0.2) is 0 Å². The Kier molecular flexibility index (Phi) is 5.22. The molecule has 0 fully saturated rings. The molecule has 9 heteroatoms. The highest BCUT2D eigenvalue weighted by atomic mass is 19.4. The summed E-state index contributed by atoms with van der Waals surface area (Å²) in [5.74, 6) is -0.831. The number of aromatic nitrogens is 2. The third-order valence-electron chi connectivity index (χ3n) is 3.01. The monoisotopic (exact) mass is 341 g/mol. The molecule has 0 aliphatic rings. The summed E-state index contributed by atoms with van der Waals surface area (Å²) in [6.07, 6.45) is -4.75. The van der Waals surface area contributed by atoms with E-state index in [1.54, 1.807) is 6.92 Å². The van der Waals surface area contributed by atoms with Gasteiger partial charge in [0.25, 0.3) is 11.5 Å². The van der Waals surface area contributed by atoms with Crippen LogP contribution >= 0.6 is 0 Å². The molecule has 128 valence electrons. The molecule has 1 aromatic carbocycles. The topological polar surface area (TPSA) is 73.2 Å². The number of carbonyl (C=O) groups is 1. The van der Waals surface area contributed by atoms with E-state index in [4.69, 9.17) is 0 Å². The Morgan fingerprint density at radius 3 is 2.46 bits per heavy atom. The highest BCUT2D eigenvalue weighted by Gasteiger charge is 2.30. The fourth-order valence-corrected chi connectivity index (χ4v) is 1.88. The fourth-order valence-electron chi connectivity index (χ4n) is 1.88. The average molecular weight is 341 g/mol. The number of hydrogen-bond donors (Lipinski definition) is 1. The van der Waals surface area contributed by atoms with Crippen molar-refractivity contribution in [2.24, 2.45) is 0 Å². The molecule has 0 unspecified atom stereocenters. The summed E-state index contributed by atoms with van der Waals surface area (Å²) in [6.45, 7) is 2.15. The Morgan fingerprint density at radius 1 is 1.21 bits per heavy atom. The second-order valence-electron chi connectivity index (χ2n) is 4.75. The molecule has 0 radical (unpaired) electrons. The lowest BCUT2D eigenvalue weighted by Crippen LogP contribution is -2.29. The van der Waals surface area contributed by atoms with Gasteiger partial charge >= 0.3 is 6.36 Å². The predicted molar refractivity (Wildman–Crippen MR) is 78.5 cm³/mol. The standard InChI is InChI=1S/C15H14F3N3O3/c1-2-21-13(22)8-7-12(20-21)14(23)19-9-10-3-5-11(6-4-10)24-15(16,17)18/h3-8H,2,9H2,1H3,(H,19,23). The van der Waals surface area contributed by atoms with E-state index in [1.807, 2.05) is 0 Å². The van der Waals surface area contributed by atoms with Crippen LogP contribution in [0.1, 0.15) is 23.0 Å². The van der Waals surface area contributed by atoms with E-state index in [1.165, 1.54) is 24.3 Å². The van der Waals surface area contributed by atoms with Crippen LogP contribution in [0.15, 0.2) is 41.2 Å². The average Bonchev–Trinajstić information content (AvgIpc) is 2.53. The number of ether oxygens (including phenoxy) is 1. The molecule has 2 rings (SSSR count). The van der Waals surface area contributed by atoms with Crippen molar-refractivity contribution in [1.82, 2.24) is 15.1 Å². The number of halogens is 3. The molecule has 1 amide bonds. The minimum absolute atomic E-state index is 0.0773. The minimum Gasteiger partial charge on any atom is -0.406 e. The maximum atomic E-state index is 12.1. The molecule has 0 saturated carbocycles. The van der Waals surface area contributed by atoms with Crippen LogP contribution in [0.3, 0.4) is 0 Å². The summed E-state index contributed by atoms with van der Waals surface area (Å²) >= 11 is 0. The number of nitrogens with one attached hydrogen (secondary N) is 1. The third-order valence-corrected chi connectivity index (χ3v) is 3.01. The maximum Gasteiger partial charge on any atom is 0.573 e. The number of rotatable bonds is 5. The Hall–Kier alpha value is -2.84. The molecule has 2 aromatic rings. The lowest BCUT2D eigenvalue weighted by Gasteiger charge is -2.10. The second kappa shape index (κ2) is 7.16. The first-order valence-electron chi connectivity index (χ1n) is 6.99. The van der Waals surface area contributed by atoms with Gasteiger partial charge in [-0.05, 0) is 30.7 Å². The van der Waals surface area contributed by atoms with Crippen LogP contribution in [-0.2, 0) is 13.1 Å². The molecule has 0 atom stereocenters. The van der Waals surface area contributed by atoms with E-state index in [9.17, 15) is 22.8 Å². The van der Waals surface area contributed by atoms with Gasteiger partial charge in [-0.15, -0.1) is 13.2 Å². The molecule has 24 heavy (non-hydrogen) atoms. The van der Waals surface area contributed by atoms with Gasteiger partial charge in [-0.2, -0.15) is 5.10 Å². The van der Waals surface area contributed by atoms with Crippen LogP contribution in [0.4, 0.5) is 13.2 Å². The third kappa shape index (κ3) is 4.83. The van der Waals surface area contributed by atoms with Crippen LogP contribution in [0, 0.1) is 0 Å². The summed E-state index contributed by atoms with van der Waals surface area (Å²) < 4.78 is 41.1. The van der Waals surface area contributed by atoms with Crippen molar-refractivity contribution in [3.8, 4) is 5.75 Å². The van der Waals surface area contributed by atoms with Crippen molar-refractivity contribution < 1.29 is 22.7 Å². The summed E-state index contributed by atoms with van der Waals surface area (Å²) in [6, 6.07) is 7.68. The SMILES string of the molecule is CCn1nc(C(=O)NCc2ccc(OC(F)(F)F)cc2)ccc1=O. The summed E-state index contributed by atoms with van der Waals surface area (Å²) in [4.78, 5) is 23.4. The molecule has 1 aromatic heterocycles. The molecule has 0 aliphatic carbocycles. The fraction of sp³-hybridized carbons (Fsp3) is 0.267. The zero-order valence-electron chi connectivity index (χ0n) is 12.6. The van der Waals surface area contributed by atoms with Gasteiger partial charge in [-0.3, -0.25) is 9.59 Å². The zero-order chi connectivity index (χ0) is 17.7. The molecule has 0 aliphatic heterocycles. The van der Waals surface area contributed by atoms with Crippen molar-refractivity contribution in [2.75, 3.05) is 0 Å². The Morgan fingerprint density at radius 2 is 1.88 bits per heavy atom. The summed E-state index contributed by atoms with van der Waals surface area (Å²) in [5.41, 5.74) is 0.351. The molecule has 0 spiro atoms. The molecule has 0 bridgehead atoms. The lowest BCUT2D eigenvalue weighted by molar-refractivity contribution is -0.274. The Balaban J connectivity index is 1.98. The van der Waals surface area contributed by atoms with Gasteiger partial charge in [0.05, 0.1) is 0 Å². The number of hydrogen-bond acceptors (Lipinski definition) is 4. The van der Waals surface area contributed by atoms with Crippen LogP contribution < -0.4 is 15.6 Å². The van der Waals surface area contributed by atoms with Crippen LogP contribution in [0.2, 0.25) is 0 Å². The normalized spacial score (nSPS) is 11.2. The highest BCUT2D eigenvalue weighted by Crippen LogP contribution is 2.22. The van der Waals surface area contributed by atoms with Crippen molar-refractivity contribution in [3.63, 3.8) is 0 Å².